The van der Waals surface area contributed by atoms with Gasteiger partial charge in [0.15, 0.2) is 11.5 Å². The molecular formula is C19H14NO6S3-. The Morgan fingerprint density at radius 2 is 2.07 bits per heavy atom. The van der Waals surface area contributed by atoms with Crippen LogP contribution >= 0.6 is 35.3 Å². The molecule has 0 radical (unpaired) electrons. The number of thiocarbonyl (C=S) groups is 1. The Labute approximate surface area is 179 Å². The summed E-state index contributed by atoms with van der Waals surface area (Å²) in [6, 6.07) is 8.28. The standard InChI is InChI=1S/C19H15NO6S3/c1-2-25-13-8-11(5-6-12(13)26-18(24)14-4-3-7-28-14)9-15-17(23)20(10-16(21)22)19(27)29-15/h3-9H,2,10H2,1H3,(H,21,22)/p-1/b15-9+. The van der Waals surface area contributed by atoms with Crippen LogP contribution in [0.25, 0.3) is 6.08 Å². The van der Waals surface area contributed by atoms with Gasteiger partial charge >= 0.3 is 5.97 Å². The summed E-state index contributed by atoms with van der Waals surface area (Å²) in [5, 5.41) is 12.6. The topological polar surface area (TPSA) is 96.0 Å². The van der Waals surface area contributed by atoms with E-state index in [9.17, 15) is 19.5 Å². The normalized spacial score (nSPS) is 15.1. The largest absolute Gasteiger partial charge is 0.548 e. The highest BCUT2D eigenvalue weighted by molar-refractivity contribution is 8.26. The number of hydrogen-bond acceptors (Lipinski definition) is 9. The van der Waals surface area contributed by atoms with Crippen molar-refractivity contribution in [3.63, 3.8) is 0 Å². The molecule has 0 unspecified atom stereocenters. The first-order valence-corrected chi connectivity index (χ1v) is 10.5. The summed E-state index contributed by atoms with van der Waals surface area (Å²) < 4.78 is 11.1. The molecule has 7 nitrogen and oxygen atoms in total. The number of carboxylic acid groups (broad SMARTS) is 1. The number of esters is 1. The first-order chi connectivity index (χ1) is 13.9. The maximum absolute atomic E-state index is 12.4. The maximum Gasteiger partial charge on any atom is 0.353 e. The van der Waals surface area contributed by atoms with Gasteiger partial charge in [-0.3, -0.25) is 9.69 Å². The van der Waals surface area contributed by atoms with Gasteiger partial charge in [0, 0.05) is 0 Å². The number of carboxylic acids is 1. The Morgan fingerprint density at radius 3 is 2.72 bits per heavy atom. The minimum atomic E-state index is -1.39. The molecule has 0 saturated carbocycles. The van der Waals surface area contributed by atoms with Crippen LogP contribution in [-0.2, 0) is 9.59 Å². The molecule has 0 aliphatic carbocycles. The van der Waals surface area contributed by atoms with E-state index in [4.69, 9.17) is 21.7 Å². The first kappa shape index (κ1) is 21.0. The second-order valence-corrected chi connectivity index (χ2v) is 8.27. The van der Waals surface area contributed by atoms with Crippen LogP contribution in [0.5, 0.6) is 11.5 Å². The van der Waals surface area contributed by atoms with Gasteiger partial charge in [0.05, 0.1) is 24.0 Å². The van der Waals surface area contributed by atoms with Crippen molar-refractivity contribution in [1.29, 1.82) is 0 Å². The average molecular weight is 449 g/mol. The smallest absolute Gasteiger partial charge is 0.353 e. The predicted molar refractivity (Wildman–Crippen MR) is 112 cm³/mol. The number of amides is 1. The van der Waals surface area contributed by atoms with E-state index >= 15 is 0 Å². The number of carbonyl (C=O) groups is 3. The third-order valence-electron chi connectivity index (χ3n) is 3.65. The highest BCUT2D eigenvalue weighted by Gasteiger charge is 2.32. The van der Waals surface area contributed by atoms with Crippen molar-refractivity contribution in [2.45, 2.75) is 6.92 Å². The molecule has 1 aromatic heterocycles. The van der Waals surface area contributed by atoms with Crippen LogP contribution in [0.4, 0.5) is 0 Å². The maximum atomic E-state index is 12.4. The predicted octanol–water partition coefficient (Wildman–Crippen LogP) is 2.32. The van der Waals surface area contributed by atoms with Gasteiger partial charge in [-0.1, -0.05) is 36.1 Å². The van der Waals surface area contributed by atoms with Crippen LogP contribution in [0.15, 0.2) is 40.6 Å². The number of rotatable bonds is 7. The summed E-state index contributed by atoms with van der Waals surface area (Å²) in [7, 11) is 0. The number of carbonyl (C=O) groups excluding carboxylic acids is 3. The molecule has 1 aliphatic rings. The van der Waals surface area contributed by atoms with Crippen LogP contribution in [-0.4, -0.2) is 40.2 Å². The van der Waals surface area contributed by atoms with Gasteiger partial charge in [-0.15, -0.1) is 11.3 Å². The number of hydrogen-bond donors (Lipinski definition) is 0. The van der Waals surface area contributed by atoms with E-state index in [1.807, 2.05) is 0 Å². The molecule has 150 valence electrons. The zero-order valence-electron chi connectivity index (χ0n) is 15.1. The monoisotopic (exact) mass is 448 g/mol. The number of ether oxygens (including phenoxy) is 2. The third kappa shape index (κ3) is 5.03. The highest BCUT2D eigenvalue weighted by Crippen LogP contribution is 2.35. The summed E-state index contributed by atoms with van der Waals surface area (Å²) in [6.07, 6.45) is 1.57. The van der Waals surface area contributed by atoms with Crippen LogP contribution in [0.3, 0.4) is 0 Å². The zero-order valence-corrected chi connectivity index (χ0v) is 17.5. The van der Waals surface area contributed by atoms with Crippen molar-refractivity contribution in [1.82, 2.24) is 4.90 Å². The number of benzene rings is 1. The summed E-state index contributed by atoms with van der Waals surface area (Å²) in [6.45, 7) is 1.55. The quantitative estimate of drug-likeness (QED) is 0.276. The van der Waals surface area contributed by atoms with Crippen molar-refractivity contribution in [2.75, 3.05) is 13.2 Å². The fourth-order valence-corrected chi connectivity index (χ4v) is 4.28. The lowest BCUT2D eigenvalue weighted by Gasteiger charge is -2.14. The Kier molecular flexibility index (Phi) is 6.68. The van der Waals surface area contributed by atoms with Crippen molar-refractivity contribution in [3.8, 4) is 11.5 Å². The molecule has 1 fully saturated rings. The van der Waals surface area contributed by atoms with Crippen molar-refractivity contribution < 1.29 is 29.0 Å². The molecule has 1 amide bonds. The van der Waals surface area contributed by atoms with Crippen molar-refractivity contribution in [2.24, 2.45) is 0 Å². The lowest BCUT2D eigenvalue weighted by Crippen LogP contribution is -2.40. The number of thioether (sulfide) groups is 1. The molecule has 1 aromatic carbocycles. The Morgan fingerprint density at radius 1 is 1.28 bits per heavy atom. The SMILES string of the molecule is CCOc1cc(/C=C2/SC(=S)N(CC(=O)[O-])C2=O)ccc1OC(=O)c1cccs1. The summed E-state index contributed by atoms with van der Waals surface area (Å²) >= 11 is 7.33. The van der Waals surface area contributed by atoms with Gasteiger partial charge < -0.3 is 19.4 Å². The molecule has 10 heteroatoms. The van der Waals surface area contributed by atoms with Crippen molar-refractivity contribution in [3.05, 3.63) is 51.1 Å². The summed E-state index contributed by atoms with van der Waals surface area (Å²) in [5.74, 6) is -1.78. The van der Waals surface area contributed by atoms with Gasteiger partial charge in [-0.05, 0) is 42.1 Å². The molecule has 0 N–H and O–H groups in total. The molecule has 3 rings (SSSR count). The third-order valence-corrected chi connectivity index (χ3v) is 5.88. The van der Waals surface area contributed by atoms with Crippen LogP contribution in [0, 0.1) is 0 Å². The minimum absolute atomic E-state index is 0.150. The number of nitrogens with zero attached hydrogens (tertiary/aromatic N) is 1. The molecule has 0 bridgehead atoms. The Bertz CT molecular complexity index is 999. The van der Waals surface area contributed by atoms with Crippen molar-refractivity contribution >= 4 is 63.6 Å². The van der Waals surface area contributed by atoms with Gasteiger partial charge in [0.2, 0.25) is 0 Å². The highest BCUT2D eigenvalue weighted by atomic mass is 32.2. The van der Waals surface area contributed by atoms with E-state index in [-0.39, 0.29) is 15.0 Å². The first-order valence-electron chi connectivity index (χ1n) is 8.36. The van der Waals surface area contributed by atoms with Crippen LogP contribution in [0.1, 0.15) is 22.2 Å². The van der Waals surface area contributed by atoms with E-state index in [2.05, 4.69) is 0 Å². The molecule has 2 aromatic rings. The fraction of sp³-hybridized carbons (Fsp3) is 0.158. The average Bonchev–Trinajstić information content (AvgIpc) is 3.29. The van der Waals surface area contributed by atoms with E-state index in [1.54, 1.807) is 48.7 Å². The Balaban J connectivity index is 1.84. The lowest BCUT2D eigenvalue weighted by atomic mass is 10.2. The zero-order chi connectivity index (χ0) is 21.0. The van der Waals surface area contributed by atoms with Gasteiger partial charge in [-0.25, -0.2) is 4.79 Å². The van der Waals surface area contributed by atoms with E-state index in [0.29, 0.717) is 22.8 Å². The molecular weight excluding hydrogens is 434 g/mol. The molecule has 1 saturated heterocycles. The molecule has 1 aliphatic heterocycles. The molecule has 0 atom stereocenters. The molecule has 2 heterocycles. The van der Waals surface area contributed by atoms with E-state index < -0.39 is 24.4 Å². The Hall–Kier alpha value is -2.69. The fourth-order valence-electron chi connectivity index (χ4n) is 2.43. The second-order valence-electron chi connectivity index (χ2n) is 5.65. The van der Waals surface area contributed by atoms with Gasteiger partial charge in [0.25, 0.3) is 5.91 Å². The van der Waals surface area contributed by atoms with E-state index in [1.165, 1.54) is 11.3 Å². The second kappa shape index (κ2) is 9.21. The van der Waals surface area contributed by atoms with Crippen LogP contribution in [0.2, 0.25) is 0 Å². The molecule has 0 spiro atoms. The van der Waals surface area contributed by atoms with Gasteiger partial charge in [0.1, 0.15) is 9.20 Å². The van der Waals surface area contributed by atoms with Gasteiger partial charge in [-0.2, -0.15) is 0 Å². The number of aliphatic carboxylic acids is 1. The number of thiophene rings is 1. The minimum Gasteiger partial charge on any atom is -0.548 e. The lowest BCUT2D eigenvalue weighted by molar-refractivity contribution is -0.305. The summed E-state index contributed by atoms with van der Waals surface area (Å²) in [5.41, 5.74) is 0.610. The van der Waals surface area contributed by atoms with Crippen LogP contribution < -0.4 is 14.6 Å². The van der Waals surface area contributed by atoms with E-state index in [0.717, 1.165) is 16.7 Å². The molecule has 29 heavy (non-hydrogen) atoms. The summed E-state index contributed by atoms with van der Waals surface area (Å²) in [4.78, 5) is 37.1.